The van der Waals surface area contributed by atoms with Crippen LogP contribution in [0.5, 0.6) is 0 Å². The Bertz CT molecular complexity index is 342. The van der Waals surface area contributed by atoms with Gasteiger partial charge in [-0.1, -0.05) is 32.0 Å². The minimum Gasteiger partial charge on any atom is -0.305 e. The predicted molar refractivity (Wildman–Crippen MR) is 63.3 cm³/mol. The third-order valence-electron chi connectivity index (χ3n) is 2.45. The minimum absolute atomic E-state index is 0.506. The molecule has 15 heavy (non-hydrogen) atoms. The molecular weight excluding hydrogens is 186 g/mol. The molecule has 0 saturated heterocycles. The van der Waals surface area contributed by atoms with Gasteiger partial charge in [0.2, 0.25) is 0 Å². The summed E-state index contributed by atoms with van der Waals surface area (Å²) >= 11 is 0. The normalized spacial score (nSPS) is 11.1. The Morgan fingerprint density at radius 3 is 2.47 bits per heavy atom. The van der Waals surface area contributed by atoms with Crippen LogP contribution in [0.2, 0.25) is 0 Å². The standard InChI is InChI=1S/C13H19NO/c1-10(2)11-5-6-12(9-15)13(7-11)8-14(3)4/h5-7,9-10H,8H2,1-4H3. The lowest BCUT2D eigenvalue weighted by Gasteiger charge is -2.14. The first-order valence-electron chi connectivity index (χ1n) is 5.27. The number of nitrogens with zero attached hydrogens (tertiary/aromatic N) is 1. The molecule has 0 bridgehead atoms. The van der Waals surface area contributed by atoms with Gasteiger partial charge in [-0.15, -0.1) is 0 Å². The van der Waals surface area contributed by atoms with Crippen molar-refractivity contribution in [3.63, 3.8) is 0 Å². The van der Waals surface area contributed by atoms with Crippen molar-refractivity contribution in [1.29, 1.82) is 0 Å². The van der Waals surface area contributed by atoms with Crippen LogP contribution in [0.3, 0.4) is 0 Å². The van der Waals surface area contributed by atoms with E-state index in [1.807, 2.05) is 26.2 Å². The van der Waals surface area contributed by atoms with Crippen molar-refractivity contribution in [1.82, 2.24) is 4.90 Å². The average molecular weight is 205 g/mol. The fourth-order valence-corrected chi connectivity index (χ4v) is 1.58. The molecule has 0 amide bonds. The second kappa shape index (κ2) is 5.08. The smallest absolute Gasteiger partial charge is 0.150 e. The summed E-state index contributed by atoms with van der Waals surface area (Å²) in [6.07, 6.45) is 0.933. The van der Waals surface area contributed by atoms with Crippen LogP contribution in [-0.2, 0) is 6.54 Å². The molecule has 2 heteroatoms. The van der Waals surface area contributed by atoms with E-state index in [1.54, 1.807) is 0 Å². The van der Waals surface area contributed by atoms with E-state index in [9.17, 15) is 4.79 Å². The summed E-state index contributed by atoms with van der Waals surface area (Å²) in [7, 11) is 4.02. The molecule has 0 unspecified atom stereocenters. The van der Waals surface area contributed by atoms with E-state index in [-0.39, 0.29) is 0 Å². The molecule has 1 aromatic carbocycles. The molecule has 2 nitrogen and oxygen atoms in total. The van der Waals surface area contributed by atoms with Crippen molar-refractivity contribution in [2.24, 2.45) is 0 Å². The maximum Gasteiger partial charge on any atom is 0.150 e. The fourth-order valence-electron chi connectivity index (χ4n) is 1.58. The van der Waals surface area contributed by atoms with Gasteiger partial charge in [0.05, 0.1) is 0 Å². The molecule has 0 aliphatic rings. The molecule has 0 fully saturated rings. The van der Waals surface area contributed by atoms with E-state index in [1.165, 1.54) is 5.56 Å². The molecule has 82 valence electrons. The zero-order valence-electron chi connectivity index (χ0n) is 9.95. The van der Waals surface area contributed by atoms with Crippen LogP contribution in [0.25, 0.3) is 0 Å². The number of hydrogen-bond acceptors (Lipinski definition) is 2. The van der Waals surface area contributed by atoms with E-state index in [0.717, 1.165) is 24.0 Å². The Morgan fingerprint density at radius 1 is 1.33 bits per heavy atom. The maximum atomic E-state index is 10.9. The predicted octanol–water partition coefficient (Wildman–Crippen LogP) is 2.68. The van der Waals surface area contributed by atoms with Crippen LogP contribution in [-0.4, -0.2) is 25.3 Å². The molecule has 0 N–H and O–H groups in total. The first-order chi connectivity index (χ1) is 7.04. The summed E-state index contributed by atoms with van der Waals surface area (Å²) in [4.78, 5) is 12.9. The lowest BCUT2D eigenvalue weighted by atomic mass is 9.97. The molecular formula is C13H19NO. The number of rotatable bonds is 4. The van der Waals surface area contributed by atoms with Crippen molar-refractivity contribution in [2.45, 2.75) is 26.3 Å². The topological polar surface area (TPSA) is 20.3 Å². The van der Waals surface area contributed by atoms with Gasteiger partial charge in [0.1, 0.15) is 6.29 Å². The second-order valence-electron chi connectivity index (χ2n) is 4.47. The highest BCUT2D eigenvalue weighted by atomic mass is 16.1. The number of carbonyl (C=O) groups excluding carboxylic acids is 1. The summed E-state index contributed by atoms with van der Waals surface area (Å²) in [6.45, 7) is 5.14. The van der Waals surface area contributed by atoms with Crippen LogP contribution in [0, 0.1) is 0 Å². The van der Waals surface area contributed by atoms with Crippen molar-refractivity contribution in [3.05, 3.63) is 34.9 Å². The lowest BCUT2D eigenvalue weighted by molar-refractivity contribution is 0.112. The zero-order valence-corrected chi connectivity index (χ0v) is 9.95. The van der Waals surface area contributed by atoms with Crippen LogP contribution < -0.4 is 0 Å². The molecule has 0 aliphatic heterocycles. The van der Waals surface area contributed by atoms with Crippen LogP contribution in [0.1, 0.15) is 41.3 Å². The molecule has 1 rings (SSSR count). The summed E-state index contributed by atoms with van der Waals surface area (Å²) in [5.74, 6) is 0.506. The monoisotopic (exact) mass is 205 g/mol. The van der Waals surface area contributed by atoms with E-state index in [2.05, 4.69) is 24.8 Å². The Kier molecular flexibility index (Phi) is 4.04. The van der Waals surface area contributed by atoms with Crippen molar-refractivity contribution < 1.29 is 4.79 Å². The lowest BCUT2D eigenvalue weighted by Crippen LogP contribution is -2.12. The van der Waals surface area contributed by atoms with Crippen molar-refractivity contribution >= 4 is 6.29 Å². The Hall–Kier alpha value is -1.15. The van der Waals surface area contributed by atoms with Gasteiger partial charge >= 0.3 is 0 Å². The number of hydrogen-bond donors (Lipinski definition) is 0. The summed E-state index contributed by atoms with van der Waals surface area (Å²) in [5, 5.41) is 0. The van der Waals surface area contributed by atoms with E-state index in [4.69, 9.17) is 0 Å². The second-order valence-corrected chi connectivity index (χ2v) is 4.47. The maximum absolute atomic E-state index is 10.9. The largest absolute Gasteiger partial charge is 0.305 e. The van der Waals surface area contributed by atoms with Crippen LogP contribution in [0.15, 0.2) is 18.2 Å². The first-order valence-corrected chi connectivity index (χ1v) is 5.27. The van der Waals surface area contributed by atoms with Gasteiger partial charge in [0.15, 0.2) is 0 Å². The quantitative estimate of drug-likeness (QED) is 0.704. The molecule has 0 aromatic heterocycles. The van der Waals surface area contributed by atoms with Gasteiger partial charge in [-0.3, -0.25) is 4.79 Å². The van der Waals surface area contributed by atoms with Crippen LogP contribution >= 0.6 is 0 Å². The molecule has 0 heterocycles. The first kappa shape index (κ1) is 11.9. The Balaban J connectivity index is 3.07. The highest BCUT2D eigenvalue weighted by Crippen LogP contribution is 2.18. The van der Waals surface area contributed by atoms with Crippen LogP contribution in [0.4, 0.5) is 0 Å². The summed E-state index contributed by atoms with van der Waals surface area (Å²) in [5.41, 5.74) is 3.20. The van der Waals surface area contributed by atoms with E-state index in [0.29, 0.717) is 5.92 Å². The van der Waals surface area contributed by atoms with Gasteiger partial charge < -0.3 is 4.90 Å². The molecule has 0 saturated carbocycles. The Morgan fingerprint density at radius 2 is 2.00 bits per heavy atom. The Labute approximate surface area is 91.9 Å². The van der Waals surface area contributed by atoms with Gasteiger partial charge in [-0.05, 0) is 31.1 Å². The van der Waals surface area contributed by atoms with Crippen molar-refractivity contribution in [3.8, 4) is 0 Å². The fraction of sp³-hybridized carbons (Fsp3) is 0.462. The molecule has 0 radical (unpaired) electrons. The van der Waals surface area contributed by atoms with Gasteiger partial charge in [-0.25, -0.2) is 0 Å². The zero-order chi connectivity index (χ0) is 11.4. The highest BCUT2D eigenvalue weighted by Gasteiger charge is 2.06. The number of aldehydes is 1. The van der Waals surface area contributed by atoms with E-state index >= 15 is 0 Å². The van der Waals surface area contributed by atoms with Crippen molar-refractivity contribution in [2.75, 3.05) is 14.1 Å². The summed E-state index contributed by atoms with van der Waals surface area (Å²) < 4.78 is 0. The third-order valence-corrected chi connectivity index (χ3v) is 2.45. The summed E-state index contributed by atoms with van der Waals surface area (Å²) in [6, 6.07) is 6.09. The minimum atomic E-state index is 0.506. The number of benzene rings is 1. The highest BCUT2D eigenvalue weighted by molar-refractivity contribution is 5.77. The average Bonchev–Trinajstić information content (AvgIpc) is 2.16. The van der Waals surface area contributed by atoms with Gasteiger partial charge in [0.25, 0.3) is 0 Å². The molecule has 0 atom stereocenters. The van der Waals surface area contributed by atoms with E-state index < -0.39 is 0 Å². The molecule has 1 aromatic rings. The molecule has 0 aliphatic carbocycles. The SMILES string of the molecule is CC(C)c1ccc(C=O)c(CN(C)C)c1. The molecule has 0 spiro atoms. The van der Waals surface area contributed by atoms with Gasteiger partial charge in [-0.2, -0.15) is 0 Å². The number of carbonyl (C=O) groups is 1. The van der Waals surface area contributed by atoms with Gasteiger partial charge in [0, 0.05) is 12.1 Å². The third kappa shape index (κ3) is 3.17.